The number of hydrogen-bond acceptors (Lipinski definition) is 3. The van der Waals surface area contributed by atoms with Gasteiger partial charge in [-0.15, -0.1) is 0 Å². The first-order valence-electron chi connectivity index (χ1n) is 7.38. The van der Waals surface area contributed by atoms with E-state index in [1.54, 1.807) is 0 Å². The molecule has 2 N–H and O–H groups in total. The molecule has 1 aliphatic rings. The molecule has 0 aliphatic carbocycles. The van der Waals surface area contributed by atoms with E-state index in [0.717, 1.165) is 39.0 Å². The number of nitrogens with two attached hydrogens (primary N) is 1. The van der Waals surface area contributed by atoms with Gasteiger partial charge in [-0.05, 0) is 31.0 Å². The molecule has 0 amide bonds. The Balaban J connectivity index is 1.62. The molecule has 0 bridgehead atoms. The highest BCUT2D eigenvalue weighted by molar-refractivity contribution is 5.60. The van der Waals surface area contributed by atoms with Crippen molar-refractivity contribution in [2.75, 3.05) is 24.5 Å². The number of fused-ring (bicyclic) bond motifs is 1. The Kier molecular flexibility index (Phi) is 4.02. The van der Waals surface area contributed by atoms with Gasteiger partial charge in [0, 0.05) is 43.6 Å². The van der Waals surface area contributed by atoms with Crippen molar-refractivity contribution in [1.82, 2.24) is 9.55 Å². The van der Waals surface area contributed by atoms with E-state index >= 15 is 0 Å². The fraction of sp³-hybridized carbons (Fsp3) is 0.438. The van der Waals surface area contributed by atoms with Gasteiger partial charge in [-0.3, -0.25) is 0 Å². The molecule has 20 heavy (non-hydrogen) atoms. The van der Waals surface area contributed by atoms with Crippen molar-refractivity contribution in [3.8, 4) is 0 Å². The molecule has 1 aromatic heterocycles. The van der Waals surface area contributed by atoms with E-state index in [-0.39, 0.29) is 0 Å². The maximum Gasteiger partial charge on any atom is 0.0945 e. The van der Waals surface area contributed by atoms with Crippen LogP contribution in [0.15, 0.2) is 43.0 Å². The number of para-hydroxylation sites is 1. The fourth-order valence-electron chi connectivity index (χ4n) is 3.11. The van der Waals surface area contributed by atoms with Crippen LogP contribution in [0.3, 0.4) is 0 Å². The van der Waals surface area contributed by atoms with Gasteiger partial charge in [0.25, 0.3) is 0 Å². The van der Waals surface area contributed by atoms with E-state index in [4.69, 9.17) is 5.73 Å². The van der Waals surface area contributed by atoms with Crippen LogP contribution in [0.1, 0.15) is 24.3 Å². The third-order valence-electron chi connectivity index (χ3n) is 4.08. The van der Waals surface area contributed by atoms with Gasteiger partial charge in [0.1, 0.15) is 0 Å². The molecule has 4 heteroatoms. The zero-order chi connectivity index (χ0) is 13.8. The fourth-order valence-corrected chi connectivity index (χ4v) is 3.11. The van der Waals surface area contributed by atoms with Crippen molar-refractivity contribution in [1.29, 1.82) is 0 Å². The monoisotopic (exact) mass is 270 g/mol. The lowest BCUT2D eigenvalue weighted by molar-refractivity contribution is 0.599. The average Bonchev–Trinajstić information content (AvgIpc) is 3.09. The standard InChI is InChI=1S/C16H22N4/c17-7-6-14-12-20(16-5-2-1-4-15(14)16)10-3-9-19-11-8-18-13-19/h1-2,4-5,8,11,13-14H,3,6-7,9-10,12,17H2. The van der Waals surface area contributed by atoms with E-state index in [2.05, 4.69) is 38.7 Å². The summed E-state index contributed by atoms with van der Waals surface area (Å²) in [5.74, 6) is 0.601. The molecule has 2 heterocycles. The van der Waals surface area contributed by atoms with Gasteiger partial charge >= 0.3 is 0 Å². The Morgan fingerprint density at radius 1 is 1.25 bits per heavy atom. The normalized spacial score (nSPS) is 17.4. The smallest absolute Gasteiger partial charge is 0.0945 e. The Bertz CT molecular complexity index is 535. The van der Waals surface area contributed by atoms with Crippen molar-refractivity contribution >= 4 is 5.69 Å². The summed E-state index contributed by atoms with van der Waals surface area (Å²) in [4.78, 5) is 6.59. The lowest BCUT2D eigenvalue weighted by atomic mass is 9.98. The number of aromatic nitrogens is 2. The molecule has 4 nitrogen and oxygen atoms in total. The number of hydrogen-bond donors (Lipinski definition) is 1. The quantitative estimate of drug-likeness (QED) is 0.875. The second kappa shape index (κ2) is 6.09. The Morgan fingerprint density at radius 2 is 2.15 bits per heavy atom. The van der Waals surface area contributed by atoms with Crippen LogP contribution in [0.5, 0.6) is 0 Å². The highest BCUT2D eigenvalue weighted by atomic mass is 15.2. The zero-order valence-electron chi connectivity index (χ0n) is 11.8. The summed E-state index contributed by atoms with van der Waals surface area (Å²) in [5.41, 5.74) is 8.62. The van der Waals surface area contributed by atoms with Crippen LogP contribution in [-0.4, -0.2) is 29.2 Å². The van der Waals surface area contributed by atoms with Crippen LogP contribution in [0, 0.1) is 0 Å². The summed E-state index contributed by atoms with van der Waals surface area (Å²) in [6, 6.07) is 8.76. The van der Waals surface area contributed by atoms with Crippen LogP contribution in [0.25, 0.3) is 0 Å². The van der Waals surface area contributed by atoms with Gasteiger partial charge in [0.15, 0.2) is 0 Å². The molecule has 0 spiro atoms. The summed E-state index contributed by atoms with van der Waals surface area (Å²) in [6.45, 7) is 4.00. The van der Waals surface area contributed by atoms with E-state index in [1.165, 1.54) is 11.3 Å². The average molecular weight is 270 g/mol. The molecule has 1 aliphatic heterocycles. The minimum atomic E-state index is 0.601. The van der Waals surface area contributed by atoms with Crippen molar-refractivity contribution in [2.24, 2.45) is 5.73 Å². The number of imidazole rings is 1. The van der Waals surface area contributed by atoms with E-state index in [0.29, 0.717) is 5.92 Å². The zero-order valence-corrected chi connectivity index (χ0v) is 11.8. The van der Waals surface area contributed by atoms with Gasteiger partial charge in [-0.1, -0.05) is 18.2 Å². The molecule has 0 fully saturated rings. The Hall–Kier alpha value is -1.81. The summed E-state index contributed by atoms with van der Waals surface area (Å²) in [6.07, 6.45) is 7.96. The van der Waals surface area contributed by atoms with Crippen molar-refractivity contribution in [3.05, 3.63) is 48.5 Å². The van der Waals surface area contributed by atoms with Gasteiger partial charge in [-0.25, -0.2) is 4.98 Å². The molecule has 1 unspecified atom stereocenters. The van der Waals surface area contributed by atoms with Gasteiger partial charge < -0.3 is 15.2 Å². The lowest BCUT2D eigenvalue weighted by Gasteiger charge is -2.20. The molecule has 1 aromatic carbocycles. The third-order valence-corrected chi connectivity index (χ3v) is 4.08. The second-order valence-electron chi connectivity index (χ2n) is 5.43. The SMILES string of the molecule is NCCC1CN(CCCn2ccnc2)c2ccccc21. The first kappa shape index (κ1) is 13.2. The van der Waals surface area contributed by atoms with Crippen molar-refractivity contribution < 1.29 is 0 Å². The van der Waals surface area contributed by atoms with Crippen molar-refractivity contribution in [2.45, 2.75) is 25.3 Å². The molecular formula is C16H22N4. The Morgan fingerprint density at radius 3 is 2.95 bits per heavy atom. The van der Waals surface area contributed by atoms with Crippen LogP contribution >= 0.6 is 0 Å². The van der Waals surface area contributed by atoms with E-state index < -0.39 is 0 Å². The predicted molar refractivity (Wildman–Crippen MR) is 81.9 cm³/mol. The first-order chi connectivity index (χ1) is 9.88. The Labute approximate surface area is 120 Å². The van der Waals surface area contributed by atoms with Crippen LogP contribution in [0.2, 0.25) is 0 Å². The van der Waals surface area contributed by atoms with Gasteiger partial charge in [0.05, 0.1) is 6.33 Å². The van der Waals surface area contributed by atoms with Gasteiger partial charge in [0.2, 0.25) is 0 Å². The van der Waals surface area contributed by atoms with E-state index in [9.17, 15) is 0 Å². The molecule has 0 radical (unpaired) electrons. The van der Waals surface area contributed by atoms with Crippen molar-refractivity contribution in [3.63, 3.8) is 0 Å². The number of rotatable bonds is 6. The summed E-state index contributed by atoms with van der Waals surface area (Å²) >= 11 is 0. The molecule has 3 rings (SSSR count). The molecule has 0 saturated carbocycles. The number of benzene rings is 1. The number of aryl methyl sites for hydroxylation is 1. The van der Waals surface area contributed by atoms with E-state index in [1.807, 2.05) is 18.7 Å². The predicted octanol–water partition coefficient (Wildman–Crippen LogP) is 2.23. The minimum absolute atomic E-state index is 0.601. The number of nitrogens with zero attached hydrogens (tertiary/aromatic N) is 3. The first-order valence-corrected chi connectivity index (χ1v) is 7.38. The topological polar surface area (TPSA) is 47.1 Å². The maximum atomic E-state index is 5.75. The summed E-state index contributed by atoms with van der Waals surface area (Å²) in [5, 5.41) is 0. The number of anilines is 1. The molecule has 1 atom stereocenters. The third kappa shape index (κ3) is 2.70. The molecule has 106 valence electrons. The highest BCUT2D eigenvalue weighted by Crippen LogP contribution is 2.37. The van der Waals surface area contributed by atoms with Gasteiger partial charge in [-0.2, -0.15) is 0 Å². The minimum Gasteiger partial charge on any atom is -0.371 e. The lowest BCUT2D eigenvalue weighted by Crippen LogP contribution is -2.24. The largest absolute Gasteiger partial charge is 0.371 e. The summed E-state index contributed by atoms with van der Waals surface area (Å²) < 4.78 is 2.14. The van der Waals surface area contributed by atoms with Crippen LogP contribution in [0.4, 0.5) is 5.69 Å². The maximum absolute atomic E-state index is 5.75. The molecule has 2 aromatic rings. The summed E-state index contributed by atoms with van der Waals surface area (Å²) in [7, 11) is 0. The van der Waals surface area contributed by atoms with Crippen LogP contribution < -0.4 is 10.6 Å². The second-order valence-corrected chi connectivity index (χ2v) is 5.43. The van der Waals surface area contributed by atoms with Crippen LogP contribution in [-0.2, 0) is 6.54 Å². The molecule has 0 saturated heterocycles. The highest BCUT2D eigenvalue weighted by Gasteiger charge is 2.26. The molecular weight excluding hydrogens is 248 g/mol.